The third-order valence-corrected chi connectivity index (χ3v) is 6.86. The van der Waals surface area contributed by atoms with Gasteiger partial charge in [-0.05, 0) is 59.9 Å². The van der Waals surface area contributed by atoms with E-state index in [4.69, 9.17) is 9.47 Å². The standard InChI is InChI=1S/C27H27FN4O4/c1-35-25(36-2)21-11-19(28)7-5-17(21)14-29-15-23(33)31-20-8-6-16-12-27(13-18(16)10-20)22-4-3-9-30-24(22)32-26(27)34/h3-11,25,29H,12-15H2,1-2H3,(H,31,33)(H,30,32,34). The molecule has 0 saturated heterocycles. The summed E-state index contributed by atoms with van der Waals surface area (Å²) in [4.78, 5) is 29.8. The van der Waals surface area contributed by atoms with Crippen LogP contribution < -0.4 is 16.0 Å². The summed E-state index contributed by atoms with van der Waals surface area (Å²) in [5.41, 5.74) is 4.40. The fourth-order valence-electron chi connectivity index (χ4n) is 5.16. The molecule has 3 N–H and O–H groups in total. The molecular formula is C27H27FN4O4. The van der Waals surface area contributed by atoms with Crippen molar-refractivity contribution in [2.24, 2.45) is 0 Å². The minimum absolute atomic E-state index is 0.0356. The minimum atomic E-state index is -0.703. The lowest BCUT2D eigenvalue weighted by molar-refractivity contribution is -0.120. The van der Waals surface area contributed by atoms with E-state index >= 15 is 0 Å². The second-order valence-electron chi connectivity index (χ2n) is 9.07. The molecule has 2 aliphatic rings. The molecule has 3 aromatic rings. The molecule has 36 heavy (non-hydrogen) atoms. The summed E-state index contributed by atoms with van der Waals surface area (Å²) in [5, 5.41) is 8.91. The van der Waals surface area contributed by atoms with Gasteiger partial charge < -0.3 is 25.4 Å². The summed E-state index contributed by atoms with van der Waals surface area (Å²) < 4.78 is 24.3. The van der Waals surface area contributed by atoms with Gasteiger partial charge in [0, 0.05) is 43.8 Å². The number of rotatable bonds is 8. The molecule has 8 nitrogen and oxygen atoms in total. The van der Waals surface area contributed by atoms with E-state index in [0.29, 0.717) is 36.5 Å². The molecule has 2 amide bonds. The van der Waals surface area contributed by atoms with E-state index in [1.807, 2.05) is 30.3 Å². The number of carbonyl (C=O) groups is 2. The zero-order valence-electron chi connectivity index (χ0n) is 20.1. The van der Waals surface area contributed by atoms with E-state index in [1.54, 1.807) is 12.3 Å². The number of hydrogen-bond acceptors (Lipinski definition) is 6. The molecular weight excluding hydrogens is 463 g/mol. The average Bonchev–Trinajstić information content (AvgIpc) is 3.38. The first-order valence-corrected chi connectivity index (χ1v) is 11.7. The summed E-state index contributed by atoms with van der Waals surface area (Å²) in [5.74, 6) is -0.0126. The maximum Gasteiger partial charge on any atom is 0.238 e. The van der Waals surface area contributed by atoms with Crippen LogP contribution in [0.1, 0.15) is 34.1 Å². The van der Waals surface area contributed by atoms with Gasteiger partial charge in [0.05, 0.1) is 12.0 Å². The lowest BCUT2D eigenvalue weighted by Gasteiger charge is -2.20. The van der Waals surface area contributed by atoms with Crippen molar-refractivity contribution in [2.45, 2.75) is 31.1 Å². The zero-order chi connectivity index (χ0) is 25.3. The Morgan fingerprint density at radius 3 is 2.75 bits per heavy atom. The first-order chi connectivity index (χ1) is 17.4. The fraction of sp³-hybridized carbons (Fsp3) is 0.296. The Kier molecular flexibility index (Phi) is 6.53. The van der Waals surface area contributed by atoms with Gasteiger partial charge in [-0.1, -0.05) is 18.2 Å². The highest BCUT2D eigenvalue weighted by molar-refractivity contribution is 6.06. The van der Waals surface area contributed by atoms with Crippen LogP contribution >= 0.6 is 0 Å². The zero-order valence-corrected chi connectivity index (χ0v) is 20.1. The molecule has 9 heteroatoms. The second kappa shape index (κ2) is 9.77. The lowest BCUT2D eigenvalue weighted by atomic mass is 9.79. The average molecular weight is 491 g/mol. The van der Waals surface area contributed by atoms with E-state index < -0.39 is 11.7 Å². The highest BCUT2D eigenvalue weighted by atomic mass is 19.1. The number of ether oxygens (including phenoxy) is 2. The summed E-state index contributed by atoms with van der Waals surface area (Å²) in [6, 6.07) is 13.9. The number of fused-ring (bicyclic) bond motifs is 3. The van der Waals surface area contributed by atoms with Crippen LogP contribution in [0.25, 0.3) is 0 Å². The molecule has 186 valence electrons. The quantitative estimate of drug-likeness (QED) is 0.419. The molecule has 1 spiro atoms. The topological polar surface area (TPSA) is 102 Å². The number of aromatic nitrogens is 1. The molecule has 2 heterocycles. The van der Waals surface area contributed by atoms with Crippen LogP contribution in [0, 0.1) is 5.82 Å². The van der Waals surface area contributed by atoms with Crippen LogP contribution in [0.5, 0.6) is 0 Å². The summed E-state index contributed by atoms with van der Waals surface area (Å²) >= 11 is 0. The van der Waals surface area contributed by atoms with Gasteiger partial charge in [-0.25, -0.2) is 9.37 Å². The Balaban J connectivity index is 1.22. The smallest absolute Gasteiger partial charge is 0.238 e. The first-order valence-electron chi connectivity index (χ1n) is 11.7. The van der Waals surface area contributed by atoms with Gasteiger partial charge in [-0.3, -0.25) is 9.59 Å². The fourth-order valence-corrected chi connectivity index (χ4v) is 5.16. The Hall–Kier alpha value is -3.66. The molecule has 1 unspecified atom stereocenters. The third kappa shape index (κ3) is 4.37. The van der Waals surface area contributed by atoms with E-state index in [2.05, 4.69) is 20.9 Å². The maximum absolute atomic E-state index is 13.7. The number of benzene rings is 2. The van der Waals surface area contributed by atoms with Gasteiger partial charge >= 0.3 is 0 Å². The molecule has 0 fully saturated rings. The Bertz CT molecular complexity index is 1330. The van der Waals surface area contributed by atoms with E-state index in [0.717, 1.165) is 22.3 Å². The van der Waals surface area contributed by atoms with Crippen LogP contribution in [0.15, 0.2) is 54.7 Å². The second-order valence-corrected chi connectivity index (χ2v) is 9.07. The van der Waals surface area contributed by atoms with Gasteiger partial charge in [0.2, 0.25) is 11.8 Å². The van der Waals surface area contributed by atoms with Gasteiger partial charge in [-0.2, -0.15) is 0 Å². The molecule has 1 atom stereocenters. The number of carbonyl (C=O) groups excluding carboxylic acids is 2. The maximum atomic E-state index is 13.7. The van der Waals surface area contributed by atoms with Gasteiger partial charge in [0.15, 0.2) is 6.29 Å². The monoisotopic (exact) mass is 490 g/mol. The van der Waals surface area contributed by atoms with Crippen LogP contribution in [-0.4, -0.2) is 37.6 Å². The summed E-state index contributed by atoms with van der Waals surface area (Å²) in [6.07, 6.45) is 2.13. The van der Waals surface area contributed by atoms with E-state index in [-0.39, 0.29) is 24.2 Å². The number of hydrogen-bond donors (Lipinski definition) is 3. The molecule has 0 bridgehead atoms. The van der Waals surface area contributed by atoms with Crippen LogP contribution in [0.3, 0.4) is 0 Å². The van der Waals surface area contributed by atoms with Gasteiger partial charge in [0.1, 0.15) is 11.6 Å². The SMILES string of the molecule is COC(OC)c1cc(F)ccc1CNCC(=O)Nc1ccc2c(c1)CC1(C2)C(=O)Nc2ncccc21. The number of amides is 2. The van der Waals surface area contributed by atoms with Crippen LogP contribution in [0.2, 0.25) is 0 Å². The number of nitrogens with zero attached hydrogens (tertiary/aromatic N) is 1. The van der Waals surface area contributed by atoms with Crippen molar-refractivity contribution in [3.8, 4) is 0 Å². The Labute approximate surface area is 208 Å². The minimum Gasteiger partial charge on any atom is -0.352 e. The number of pyridine rings is 1. The molecule has 0 saturated carbocycles. The third-order valence-electron chi connectivity index (χ3n) is 6.86. The molecule has 5 rings (SSSR count). The first kappa shape index (κ1) is 24.1. The van der Waals surface area contributed by atoms with Crippen LogP contribution in [0.4, 0.5) is 15.9 Å². The molecule has 2 aromatic carbocycles. The molecule has 1 aliphatic carbocycles. The number of nitrogens with one attached hydrogen (secondary N) is 3. The van der Waals surface area contributed by atoms with Crippen molar-refractivity contribution < 1.29 is 23.5 Å². The lowest BCUT2D eigenvalue weighted by Crippen LogP contribution is -2.35. The van der Waals surface area contributed by atoms with Gasteiger partial charge in [-0.15, -0.1) is 0 Å². The van der Waals surface area contributed by atoms with E-state index in [9.17, 15) is 14.0 Å². The molecule has 1 aliphatic heterocycles. The van der Waals surface area contributed by atoms with Crippen molar-refractivity contribution in [1.82, 2.24) is 10.3 Å². The van der Waals surface area contributed by atoms with Crippen molar-refractivity contribution in [3.63, 3.8) is 0 Å². The number of methoxy groups -OCH3 is 2. The van der Waals surface area contributed by atoms with Gasteiger partial charge in [0.25, 0.3) is 0 Å². The largest absolute Gasteiger partial charge is 0.352 e. The Morgan fingerprint density at radius 2 is 1.94 bits per heavy atom. The summed E-state index contributed by atoms with van der Waals surface area (Å²) in [6.45, 7) is 0.394. The van der Waals surface area contributed by atoms with E-state index in [1.165, 1.54) is 26.4 Å². The molecule has 1 aromatic heterocycles. The highest BCUT2D eigenvalue weighted by Crippen LogP contribution is 2.46. The predicted octanol–water partition coefficient (Wildman–Crippen LogP) is 3.23. The molecule has 0 radical (unpaired) electrons. The number of halogens is 1. The van der Waals surface area contributed by atoms with Crippen molar-refractivity contribution in [2.75, 3.05) is 31.4 Å². The highest BCUT2D eigenvalue weighted by Gasteiger charge is 2.51. The van der Waals surface area contributed by atoms with Crippen molar-refractivity contribution in [1.29, 1.82) is 0 Å². The Morgan fingerprint density at radius 1 is 1.14 bits per heavy atom. The van der Waals surface area contributed by atoms with Crippen LogP contribution in [-0.2, 0) is 43.9 Å². The van der Waals surface area contributed by atoms with Crippen molar-refractivity contribution >= 4 is 23.3 Å². The normalized spacial score (nSPS) is 17.8. The summed E-state index contributed by atoms with van der Waals surface area (Å²) in [7, 11) is 2.97. The predicted molar refractivity (Wildman–Crippen MR) is 132 cm³/mol. The van der Waals surface area contributed by atoms with Crippen molar-refractivity contribution in [3.05, 3.63) is 88.4 Å². The number of anilines is 2.